The number of aromatic hydroxyl groups is 1. The van der Waals surface area contributed by atoms with Gasteiger partial charge in [-0.3, -0.25) is 9.78 Å². The molecular weight excluding hydrogens is 294 g/mol. The van der Waals surface area contributed by atoms with Gasteiger partial charge in [0.15, 0.2) is 11.4 Å². The summed E-state index contributed by atoms with van der Waals surface area (Å²) in [5, 5.41) is 23.4. The van der Waals surface area contributed by atoms with Crippen LogP contribution in [-0.2, 0) is 0 Å². The molecule has 0 saturated carbocycles. The van der Waals surface area contributed by atoms with E-state index in [-0.39, 0.29) is 18.0 Å². The zero-order valence-corrected chi connectivity index (χ0v) is 12.2. The highest BCUT2D eigenvalue weighted by Gasteiger charge is 2.17. The fraction of sp³-hybridized carbons (Fsp3) is 0.118. The number of pyridine rings is 2. The van der Waals surface area contributed by atoms with E-state index >= 15 is 0 Å². The highest BCUT2D eigenvalue weighted by molar-refractivity contribution is 6.00. The molecule has 0 aliphatic heterocycles. The fourth-order valence-electron chi connectivity index (χ4n) is 2.26. The molecule has 6 nitrogen and oxygen atoms in total. The average molecular weight is 309 g/mol. The molecule has 0 spiro atoms. The molecular formula is C17H15N3O3. The summed E-state index contributed by atoms with van der Waals surface area (Å²) in [6, 6.07) is 12.5. The number of aliphatic hydroxyl groups is 1. The van der Waals surface area contributed by atoms with Crippen LogP contribution in [0.4, 0.5) is 0 Å². The number of aliphatic hydroxyl groups excluding tert-OH is 1. The van der Waals surface area contributed by atoms with Gasteiger partial charge in [-0.05, 0) is 17.7 Å². The van der Waals surface area contributed by atoms with Crippen LogP contribution in [0.2, 0.25) is 0 Å². The maximum absolute atomic E-state index is 12.2. The minimum atomic E-state index is -0.833. The van der Waals surface area contributed by atoms with Gasteiger partial charge in [-0.15, -0.1) is 0 Å². The predicted molar refractivity (Wildman–Crippen MR) is 84.9 cm³/mol. The van der Waals surface area contributed by atoms with E-state index in [0.29, 0.717) is 16.5 Å². The van der Waals surface area contributed by atoms with Crippen LogP contribution in [0.15, 0.2) is 54.9 Å². The predicted octanol–water partition coefficient (Wildman–Crippen LogP) is 1.80. The van der Waals surface area contributed by atoms with Crippen molar-refractivity contribution < 1.29 is 15.0 Å². The molecule has 1 amide bonds. The third kappa shape index (κ3) is 3.12. The van der Waals surface area contributed by atoms with Crippen molar-refractivity contribution in [1.29, 1.82) is 0 Å². The Labute approximate surface area is 132 Å². The van der Waals surface area contributed by atoms with Crippen molar-refractivity contribution in [1.82, 2.24) is 15.3 Å². The van der Waals surface area contributed by atoms with Gasteiger partial charge in [-0.25, -0.2) is 4.98 Å². The lowest BCUT2D eigenvalue weighted by Gasteiger charge is -2.12. The molecule has 0 saturated heterocycles. The fourth-order valence-corrected chi connectivity index (χ4v) is 2.26. The first kappa shape index (κ1) is 14.9. The van der Waals surface area contributed by atoms with Crippen molar-refractivity contribution in [3.63, 3.8) is 0 Å². The third-order valence-corrected chi connectivity index (χ3v) is 3.48. The van der Waals surface area contributed by atoms with Gasteiger partial charge in [0, 0.05) is 24.3 Å². The molecule has 3 N–H and O–H groups in total. The number of benzene rings is 1. The third-order valence-electron chi connectivity index (χ3n) is 3.48. The van der Waals surface area contributed by atoms with Crippen LogP contribution in [0.3, 0.4) is 0 Å². The summed E-state index contributed by atoms with van der Waals surface area (Å²) in [5.41, 5.74) is 0.901. The Balaban J connectivity index is 1.75. The second-order valence-corrected chi connectivity index (χ2v) is 5.03. The van der Waals surface area contributed by atoms with E-state index in [9.17, 15) is 15.0 Å². The van der Waals surface area contributed by atoms with Crippen molar-refractivity contribution in [3.8, 4) is 5.75 Å². The summed E-state index contributed by atoms with van der Waals surface area (Å²) in [7, 11) is 0. The topological polar surface area (TPSA) is 95.3 Å². The first-order valence-electron chi connectivity index (χ1n) is 7.10. The average Bonchev–Trinajstić information content (AvgIpc) is 2.60. The maximum Gasteiger partial charge on any atom is 0.273 e. The Morgan fingerprint density at radius 1 is 1.13 bits per heavy atom. The van der Waals surface area contributed by atoms with Crippen molar-refractivity contribution in [3.05, 3.63) is 66.1 Å². The number of hydrogen-bond acceptors (Lipinski definition) is 5. The molecule has 23 heavy (non-hydrogen) atoms. The van der Waals surface area contributed by atoms with Crippen LogP contribution >= 0.6 is 0 Å². The standard InChI is InChI=1S/C17H15N3O3/c21-13(11-5-2-1-3-6-11)10-20-17(23)15-16(22)14-12(9-19-15)7-4-8-18-14/h1-9,13,21-22H,10H2,(H,20,23). The number of rotatable bonds is 4. The van der Waals surface area contributed by atoms with Gasteiger partial charge in [0.2, 0.25) is 0 Å². The summed E-state index contributed by atoms with van der Waals surface area (Å²) in [6.07, 6.45) is 2.17. The molecule has 3 rings (SSSR count). The zero-order chi connectivity index (χ0) is 16.2. The van der Waals surface area contributed by atoms with Gasteiger partial charge >= 0.3 is 0 Å². The molecule has 1 unspecified atom stereocenters. The molecule has 1 atom stereocenters. The Morgan fingerprint density at radius 3 is 2.70 bits per heavy atom. The number of carbonyl (C=O) groups is 1. The van der Waals surface area contributed by atoms with E-state index in [4.69, 9.17) is 0 Å². The Bertz CT molecular complexity index is 837. The Morgan fingerprint density at radius 2 is 1.91 bits per heavy atom. The minimum Gasteiger partial charge on any atom is -0.504 e. The molecule has 2 aromatic heterocycles. The second-order valence-electron chi connectivity index (χ2n) is 5.03. The van der Waals surface area contributed by atoms with Crippen LogP contribution in [0, 0.1) is 0 Å². The van der Waals surface area contributed by atoms with Crippen molar-refractivity contribution in [2.24, 2.45) is 0 Å². The van der Waals surface area contributed by atoms with Gasteiger partial charge in [-0.1, -0.05) is 30.3 Å². The van der Waals surface area contributed by atoms with Crippen molar-refractivity contribution in [2.45, 2.75) is 6.10 Å². The van der Waals surface area contributed by atoms with E-state index in [1.54, 1.807) is 24.3 Å². The first-order valence-corrected chi connectivity index (χ1v) is 7.10. The molecule has 6 heteroatoms. The first-order chi connectivity index (χ1) is 11.2. The van der Waals surface area contributed by atoms with Gasteiger partial charge in [0.1, 0.15) is 5.52 Å². The van der Waals surface area contributed by atoms with Crippen LogP contribution in [0.1, 0.15) is 22.2 Å². The van der Waals surface area contributed by atoms with E-state index in [0.717, 1.165) is 0 Å². The molecule has 0 radical (unpaired) electrons. The van der Waals surface area contributed by atoms with Crippen LogP contribution in [0.25, 0.3) is 10.9 Å². The molecule has 2 heterocycles. The van der Waals surface area contributed by atoms with Crippen LogP contribution in [0.5, 0.6) is 5.75 Å². The molecule has 0 aliphatic rings. The van der Waals surface area contributed by atoms with E-state index < -0.39 is 12.0 Å². The van der Waals surface area contributed by atoms with Crippen molar-refractivity contribution in [2.75, 3.05) is 6.54 Å². The lowest BCUT2D eigenvalue weighted by Crippen LogP contribution is -2.29. The molecule has 0 bridgehead atoms. The summed E-state index contributed by atoms with van der Waals surface area (Å²) in [4.78, 5) is 20.2. The Kier molecular flexibility index (Phi) is 4.16. The van der Waals surface area contributed by atoms with Gasteiger partial charge < -0.3 is 15.5 Å². The highest BCUT2D eigenvalue weighted by Crippen LogP contribution is 2.24. The number of hydrogen-bond donors (Lipinski definition) is 3. The number of nitrogens with one attached hydrogen (secondary N) is 1. The monoisotopic (exact) mass is 309 g/mol. The van der Waals surface area contributed by atoms with Crippen LogP contribution in [-0.4, -0.2) is 32.6 Å². The number of carbonyl (C=O) groups excluding carboxylic acids is 1. The van der Waals surface area contributed by atoms with E-state index in [1.807, 2.05) is 18.2 Å². The quantitative estimate of drug-likeness (QED) is 0.683. The molecule has 116 valence electrons. The smallest absolute Gasteiger partial charge is 0.273 e. The molecule has 0 aliphatic carbocycles. The summed E-state index contributed by atoms with van der Waals surface area (Å²) in [6.45, 7) is 0.0181. The Hall–Kier alpha value is -2.99. The SMILES string of the molecule is O=C(NCC(O)c1ccccc1)c1ncc2cccnc2c1O. The van der Waals surface area contributed by atoms with Gasteiger partial charge in [-0.2, -0.15) is 0 Å². The normalized spacial score (nSPS) is 12.0. The zero-order valence-electron chi connectivity index (χ0n) is 12.2. The molecule has 0 fully saturated rings. The number of fused-ring (bicyclic) bond motifs is 1. The molecule has 3 aromatic rings. The summed E-state index contributed by atoms with van der Waals surface area (Å²) in [5.74, 6) is -0.833. The van der Waals surface area contributed by atoms with E-state index in [2.05, 4.69) is 15.3 Å². The van der Waals surface area contributed by atoms with Gasteiger partial charge in [0.25, 0.3) is 5.91 Å². The number of nitrogens with zero attached hydrogens (tertiary/aromatic N) is 2. The van der Waals surface area contributed by atoms with Crippen LogP contribution < -0.4 is 5.32 Å². The maximum atomic E-state index is 12.2. The lowest BCUT2D eigenvalue weighted by molar-refractivity contribution is 0.0908. The minimum absolute atomic E-state index is 0.0181. The summed E-state index contributed by atoms with van der Waals surface area (Å²) >= 11 is 0. The number of aromatic nitrogens is 2. The lowest BCUT2D eigenvalue weighted by atomic mass is 10.1. The van der Waals surface area contributed by atoms with E-state index in [1.165, 1.54) is 12.4 Å². The largest absolute Gasteiger partial charge is 0.504 e. The molecule has 1 aromatic carbocycles. The number of amides is 1. The highest BCUT2D eigenvalue weighted by atomic mass is 16.3. The van der Waals surface area contributed by atoms with Crippen molar-refractivity contribution >= 4 is 16.8 Å². The summed E-state index contributed by atoms with van der Waals surface area (Å²) < 4.78 is 0. The van der Waals surface area contributed by atoms with Gasteiger partial charge in [0.05, 0.1) is 6.10 Å². The second kappa shape index (κ2) is 6.41.